The number of hydrogen-bond donors (Lipinski definition) is 2. The summed E-state index contributed by atoms with van der Waals surface area (Å²) in [5, 5.41) is 10.2. The molecule has 0 bridgehead atoms. The van der Waals surface area contributed by atoms with Crippen LogP contribution < -0.4 is 11.5 Å². The van der Waals surface area contributed by atoms with E-state index in [0.29, 0.717) is 0 Å². The van der Waals surface area contributed by atoms with Gasteiger partial charge in [-0.2, -0.15) is 0 Å². The van der Waals surface area contributed by atoms with Crippen LogP contribution in [-0.2, 0) is 0 Å². The van der Waals surface area contributed by atoms with Crippen LogP contribution in [0.15, 0.2) is 12.3 Å². The maximum absolute atomic E-state index is 10.2. The highest BCUT2D eigenvalue weighted by Crippen LogP contribution is 2.24. The molecule has 0 aliphatic rings. The second kappa shape index (κ2) is 2.41. The second-order valence-corrected chi connectivity index (χ2v) is 1.89. The van der Waals surface area contributed by atoms with E-state index in [4.69, 9.17) is 11.5 Å². The Hall–Kier alpha value is -1.85. The predicted octanol–water partition coefficient (Wildman–Crippen LogP) is 0.154. The number of nitro groups is 1. The molecule has 0 atom stereocenters. The zero-order valence-corrected chi connectivity index (χ0v) is 5.52. The number of pyridine rings is 1. The molecular weight excluding hydrogens is 148 g/mol. The third-order valence-electron chi connectivity index (χ3n) is 1.17. The minimum atomic E-state index is -0.655. The molecule has 0 amide bonds. The summed E-state index contributed by atoms with van der Waals surface area (Å²) in [6.07, 6.45) is 1.32. The average molecular weight is 154 g/mol. The molecule has 1 aromatic heterocycles. The summed E-state index contributed by atoms with van der Waals surface area (Å²) in [7, 11) is 0. The monoisotopic (exact) mass is 154 g/mol. The summed E-state index contributed by atoms with van der Waals surface area (Å²) in [6, 6.07) is 1.33. The molecule has 0 spiro atoms. The van der Waals surface area contributed by atoms with Crippen LogP contribution in [0.1, 0.15) is 0 Å². The SMILES string of the molecule is Nc1ccnc(N)c1[N+](=O)[O-]. The number of rotatable bonds is 1. The average Bonchev–Trinajstić information content (AvgIpc) is 1.85. The molecule has 0 radical (unpaired) electrons. The minimum absolute atomic E-state index is 0.0301. The van der Waals surface area contributed by atoms with Gasteiger partial charge in [-0.05, 0) is 6.07 Å². The number of anilines is 2. The second-order valence-electron chi connectivity index (χ2n) is 1.89. The van der Waals surface area contributed by atoms with Crippen LogP contribution in [0.4, 0.5) is 17.2 Å². The lowest BCUT2D eigenvalue weighted by atomic mass is 10.3. The van der Waals surface area contributed by atoms with E-state index >= 15 is 0 Å². The molecule has 58 valence electrons. The van der Waals surface area contributed by atoms with Crippen molar-refractivity contribution in [3.63, 3.8) is 0 Å². The Bertz CT molecular complexity index is 278. The van der Waals surface area contributed by atoms with Crippen molar-refractivity contribution in [2.24, 2.45) is 0 Å². The number of hydrogen-bond acceptors (Lipinski definition) is 5. The first-order valence-corrected chi connectivity index (χ1v) is 2.77. The molecule has 0 aliphatic heterocycles. The third-order valence-corrected chi connectivity index (χ3v) is 1.17. The Morgan fingerprint density at radius 1 is 1.55 bits per heavy atom. The van der Waals surface area contributed by atoms with E-state index < -0.39 is 4.92 Å². The summed E-state index contributed by atoms with van der Waals surface area (Å²) in [5.74, 6) is -0.157. The Morgan fingerprint density at radius 3 is 2.55 bits per heavy atom. The van der Waals surface area contributed by atoms with Crippen LogP contribution >= 0.6 is 0 Å². The lowest BCUT2D eigenvalue weighted by Crippen LogP contribution is -2.01. The molecule has 0 unspecified atom stereocenters. The van der Waals surface area contributed by atoms with Crippen molar-refractivity contribution in [2.45, 2.75) is 0 Å². The molecule has 0 fully saturated rings. The van der Waals surface area contributed by atoms with Gasteiger partial charge in [0.15, 0.2) is 0 Å². The van der Waals surface area contributed by atoms with Crippen molar-refractivity contribution >= 4 is 17.2 Å². The van der Waals surface area contributed by atoms with Gasteiger partial charge in [-0.3, -0.25) is 10.1 Å². The fraction of sp³-hybridized carbons (Fsp3) is 0. The van der Waals surface area contributed by atoms with Crippen LogP contribution in [0.3, 0.4) is 0 Å². The molecule has 6 nitrogen and oxygen atoms in total. The fourth-order valence-corrected chi connectivity index (χ4v) is 0.685. The first-order valence-electron chi connectivity index (χ1n) is 2.77. The zero-order valence-electron chi connectivity index (χ0n) is 5.52. The summed E-state index contributed by atoms with van der Waals surface area (Å²) >= 11 is 0. The van der Waals surface area contributed by atoms with Gasteiger partial charge >= 0.3 is 5.69 Å². The van der Waals surface area contributed by atoms with E-state index in [1.807, 2.05) is 0 Å². The zero-order chi connectivity index (χ0) is 8.43. The van der Waals surface area contributed by atoms with Crippen LogP contribution in [-0.4, -0.2) is 9.91 Å². The lowest BCUT2D eigenvalue weighted by molar-refractivity contribution is -0.383. The van der Waals surface area contributed by atoms with Gasteiger partial charge in [0.25, 0.3) is 0 Å². The van der Waals surface area contributed by atoms with Gasteiger partial charge in [-0.25, -0.2) is 4.98 Å². The molecule has 11 heavy (non-hydrogen) atoms. The topological polar surface area (TPSA) is 108 Å². The maximum Gasteiger partial charge on any atom is 0.333 e. The van der Waals surface area contributed by atoms with Gasteiger partial charge in [0, 0.05) is 6.20 Å². The van der Waals surface area contributed by atoms with Gasteiger partial charge in [0.2, 0.25) is 5.82 Å². The summed E-state index contributed by atoms with van der Waals surface area (Å²) in [6.45, 7) is 0. The molecule has 6 heteroatoms. The first-order chi connectivity index (χ1) is 5.13. The smallest absolute Gasteiger partial charge is 0.333 e. The van der Waals surface area contributed by atoms with E-state index in [2.05, 4.69) is 4.98 Å². The normalized spacial score (nSPS) is 9.45. The van der Waals surface area contributed by atoms with Crippen molar-refractivity contribution in [3.05, 3.63) is 22.4 Å². The molecular formula is C5H6N4O2. The lowest BCUT2D eigenvalue weighted by Gasteiger charge is -1.97. The van der Waals surface area contributed by atoms with Crippen molar-refractivity contribution in [1.82, 2.24) is 4.98 Å². The van der Waals surface area contributed by atoms with Crippen LogP contribution in [0, 0.1) is 10.1 Å². The Kier molecular flexibility index (Phi) is 1.59. The summed E-state index contributed by atoms with van der Waals surface area (Å²) in [4.78, 5) is 13.1. The molecule has 1 rings (SSSR count). The van der Waals surface area contributed by atoms with Crippen molar-refractivity contribution in [2.75, 3.05) is 11.5 Å². The van der Waals surface area contributed by atoms with Crippen molar-refractivity contribution in [3.8, 4) is 0 Å². The predicted molar refractivity (Wildman–Crippen MR) is 39.7 cm³/mol. The van der Waals surface area contributed by atoms with E-state index in [-0.39, 0.29) is 17.2 Å². The van der Waals surface area contributed by atoms with Gasteiger partial charge in [0.05, 0.1) is 4.92 Å². The van der Waals surface area contributed by atoms with Gasteiger partial charge in [0.1, 0.15) is 5.69 Å². The summed E-state index contributed by atoms with van der Waals surface area (Å²) < 4.78 is 0. The number of nitrogens with two attached hydrogens (primary N) is 2. The molecule has 0 aromatic carbocycles. The standard InChI is InChI=1S/C5H6N4O2/c6-3-1-2-8-5(7)4(3)9(10)11/h1-2H,(H4,6,7,8). The molecule has 1 aromatic rings. The highest BCUT2D eigenvalue weighted by Gasteiger charge is 2.15. The minimum Gasteiger partial charge on any atom is -0.393 e. The quantitative estimate of drug-likeness (QED) is 0.442. The Balaban J connectivity index is 3.32. The van der Waals surface area contributed by atoms with E-state index in [0.717, 1.165) is 0 Å². The maximum atomic E-state index is 10.2. The van der Waals surface area contributed by atoms with Gasteiger partial charge < -0.3 is 11.5 Å². The third kappa shape index (κ3) is 1.18. The summed E-state index contributed by atoms with van der Waals surface area (Å²) in [5.41, 5.74) is 10.2. The Morgan fingerprint density at radius 2 is 2.18 bits per heavy atom. The molecule has 4 N–H and O–H groups in total. The van der Waals surface area contributed by atoms with Crippen LogP contribution in [0.5, 0.6) is 0 Å². The Labute approximate surface area is 62.0 Å². The first kappa shape index (κ1) is 7.26. The highest BCUT2D eigenvalue weighted by atomic mass is 16.6. The van der Waals surface area contributed by atoms with Gasteiger partial charge in [-0.15, -0.1) is 0 Å². The van der Waals surface area contributed by atoms with Crippen molar-refractivity contribution < 1.29 is 4.92 Å². The molecule has 0 saturated carbocycles. The molecule has 0 aliphatic carbocycles. The van der Waals surface area contributed by atoms with E-state index in [1.54, 1.807) is 0 Å². The molecule has 1 heterocycles. The largest absolute Gasteiger partial charge is 0.393 e. The fourth-order valence-electron chi connectivity index (χ4n) is 0.685. The van der Waals surface area contributed by atoms with E-state index in [1.165, 1.54) is 12.3 Å². The highest BCUT2D eigenvalue weighted by molar-refractivity contribution is 5.68. The van der Waals surface area contributed by atoms with E-state index in [9.17, 15) is 10.1 Å². The molecule has 0 saturated heterocycles. The number of nitrogen functional groups attached to an aromatic ring is 2. The van der Waals surface area contributed by atoms with Crippen LogP contribution in [0.2, 0.25) is 0 Å². The number of aromatic nitrogens is 1. The van der Waals surface area contributed by atoms with Crippen LogP contribution in [0.25, 0.3) is 0 Å². The van der Waals surface area contributed by atoms with Gasteiger partial charge in [-0.1, -0.05) is 0 Å². The number of nitrogens with zero attached hydrogens (tertiary/aromatic N) is 2. The van der Waals surface area contributed by atoms with Crippen molar-refractivity contribution in [1.29, 1.82) is 0 Å².